The fourth-order valence-electron chi connectivity index (χ4n) is 3.19. The van der Waals surface area contributed by atoms with Gasteiger partial charge in [0.15, 0.2) is 0 Å². The second-order valence-electron chi connectivity index (χ2n) is 6.07. The first kappa shape index (κ1) is 15.1. The standard InChI is InChI=1S/C16H25N3OS/c1-2-3-4-5-8-21-16-10-17-9-15(18-16)20-14-12-19-7-6-13(14)11-19/h9-10,13-14H,2-8,11-12H2,1H3/t13-,14+/m1/s1. The van der Waals surface area contributed by atoms with Crippen LogP contribution < -0.4 is 4.74 Å². The molecule has 3 atom stereocenters. The van der Waals surface area contributed by atoms with Gasteiger partial charge in [-0.3, -0.25) is 9.88 Å². The van der Waals surface area contributed by atoms with Crippen LogP contribution in [0.15, 0.2) is 17.4 Å². The van der Waals surface area contributed by atoms with Crippen molar-refractivity contribution < 1.29 is 4.74 Å². The summed E-state index contributed by atoms with van der Waals surface area (Å²) >= 11 is 1.79. The van der Waals surface area contributed by atoms with E-state index in [1.807, 2.05) is 6.20 Å². The number of unbranched alkanes of at least 4 members (excludes halogenated alkanes) is 3. The number of piperidine rings is 1. The maximum Gasteiger partial charge on any atom is 0.233 e. The van der Waals surface area contributed by atoms with Gasteiger partial charge in [0, 0.05) is 19.0 Å². The lowest BCUT2D eigenvalue weighted by Crippen LogP contribution is -2.32. The van der Waals surface area contributed by atoms with E-state index in [4.69, 9.17) is 4.74 Å². The van der Waals surface area contributed by atoms with Crippen LogP contribution in [-0.4, -0.2) is 46.4 Å². The number of ether oxygens (including phenoxy) is 1. The van der Waals surface area contributed by atoms with Gasteiger partial charge in [0.2, 0.25) is 5.88 Å². The Hall–Kier alpha value is -0.810. The summed E-state index contributed by atoms with van der Waals surface area (Å²) in [4.78, 5) is 11.4. The van der Waals surface area contributed by atoms with E-state index in [2.05, 4.69) is 21.8 Å². The number of fused-ring (bicyclic) bond motifs is 2. The first-order valence-electron chi connectivity index (χ1n) is 8.19. The highest BCUT2D eigenvalue weighted by molar-refractivity contribution is 7.99. The molecule has 3 heterocycles. The van der Waals surface area contributed by atoms with Gasteiger partial charge < -0.3 is 4.74 Å². The first-order chi connectivity index (χ1) is 10.3. The molecule has 0 N–H and O–H groups in total. The Labute approximate surface area is 131 Å². The third-order valence-corrected chi connectivity index (χ3v) is 5.37. The van der Waals surface area contributed by atoms with Crippen LogP contribution in [0, 0.1) is 5.92 Å². The quantitative estimate of drug-likeness (QED) is 0.544. The molecule has 0 saturated carbocycles. The zero-order chi connectivity index (χ0) is 14.5. The minimum atomic E-state index is 0.317. The lowest BCUT2D eigenvalue weighted by Gasteiger charge is -2.22. The molecule has 2 saturated heterocycles. The van der Waals surface area contributed by atoms with Gasteiger partial charge in [-0.25, -0.2) is 4.98 Å². The average Bonchev–Trinajstić information content (AvgIpc) is 3.10. The summed E-state index contributed by atoms with van der Waals surface area (Å²) in [5.74, 6) is 2.52. The van der Waals surface area contributed by atoms with Crippen LogP contribution in [-0.2, 0) is 0 Å². The van der Waals surface area contributed by atoms with Gasteiger partial charge >= 0.3 is 0 Å². The molecule has 0 radical (unpaired) electrons. The van der Waals surface area contributed by atoms with E-state index in [0.717, 1.165) is 17.3 Å². The minimum absolute atomic E-state index is 0.317. The van der Waals surface area contributed by atoms with Crippen molar-refractivity contribution in [2.75, 3.05) is 25.4 Å². The lowest BCUT2D eigenvalue weighted by molar-refractivity contribution is 0.134. The van der Waals surface area contributed by atoms with Crippen molar-refractivity contribution in [1.29, 1.82) is 0 Å². The van der Waals surface area contributed by atoms with Gasteiger partial charge in [-0.15, -0.1) is 11.8 Å². The van der Waals surface area contributed by atoms with Gasteiger partial charge in [-0.2, -0.15) is 0 Å². The van der Waals surface area contributed by atoms with E-state index < -0.39 is 0 Å². The van der Waals surface area contributed by atoms with Crippen LogP contribution in [0.25, 0.3) is 0 Å². The molecule has 0 aliphatic carbocycles. The molecular weight excluding hydrogens is 282 g/mol. The van der Waals surface area contributed by atoms with E-state index >= 15 is 0 Å². The fourth-order valence-corrected chi connectivity index (χ4v) is 4.03. The Morgan fingerprint density at radius 3 is 3.00 bits per heavy atom. The molecule has 1 aromatic rings. The molecule has 21 heavy (non-hydrogen) atoms. The topological polar surface area (TPSA) is 38.2 Å². The van der Waals surface area contributed by atoms with Gasteiger partial charge in [-0.1, -0.05) is 26.2 Å². The third kappa shape index (κ3) is 4.10. The second-order valence-corrected chi connectivity index (χ2v) is 7.18. The molecule has 2 aliphatic heterocycles. The molecule has 116 valence electrons. The Bertz CT molecular complexity index is 457. The maximum atomic E-state index is 6.07. The third-order valence-electron chi connectivity index (χ3n) is 4.38. The highest BCUT2D eigenvalue weighted by Crippen LogP contribution is 2.30. The molecule has 1 aromatic heterocycles. The number of hydrogen-bond donors (Lipinski definition) is 0. The Morgan fingerprint density at radius 2 is 2.24 bits per heavy atom. The average molecular weight is 307 g/mol. The number of aromatic nitrogens is 2. The maximum absolute atomic E-state index is 6.07. The van der Waals surface area contributed by atoms with Crippen molar-refractivity contribution in [2.45, 2.75) is 50.2 Å². The van der Waals surface area contributed by atoms with E-state index in [1.165, 1.54) is 45.2 Å². The van der Waals surface area contributed by atoms with Crippen LogP contribution in [0.5, 0.6) is 5.88 Å². The zero-order valence-electron chi connectivity index (χ0n) is 12.8. The van der Waals surface area contributed by atoms with E-state index in [1.54, 1.807) is 18.0 Å². The van der Waals surface area contributed by atoms with E-state index in [-0.39, 0.29) is 0 Å². The monoisotopic (exact) mass is 307 g/mol. The fraction of sp³-hybridized carbons (Fsp3) is 0.750. The summed E-state index contributed by atoms with van der Waals surface area (Å²) in [7, 11) is 0. The zero-order valence-corrected chi connectivity index (χ0v) is 13.6. The highest BCUT2D eigenvalue weighted by atomic mass is 32.2. The van der Waals surface area contributed by atoms with Gasteiger partial charge in [0.05, 0.1) is 12.4 Å². The molecule has 0 amide bonds. The predicted octanol–water partition coefficient (Wildman–Crippen LogP) is 3.23. The Kier molecular flexibility index (Phi) is 5.36. The second kappa shape index (κ2) is 7.45. The summed E-state index contributed by atoms with van der Waals surface area (Å²) in [6.07, 6.45) is 10.4. The molecule has 1 unspecified atom stereocenters. The van der Waals surface area contributed by atoms with E-state index in [0.29, 0.717) is 17.9 Å². The molecule has 5 heteroatoms. The summed E-state index contributed by atoms with van der Waals surface area (Å²) in [6.45, 7) is 5.74. The van der Waals surface area contributed by atoms with Crippen LogP contribution >= 0.6 is 11.8 Å². The summed E-state index contributed by atoms with van der Waals surface area (Å²) < 4.78 is 6.07. The van der Waals surface area contributed by atoms with Crippen molar-refractivity contribution in [3.63, 3.8) is 0 Å². The number of hydrogen-bond acceptors (Lipinski definition) is 5. The van der Waals surface area contributed by atoms with Crippen LogP contribution in [0.2, 0.25) is 0 Å². The molecule has 3 rings (SSSR count). The first-order valence-corrected chi connectivity index (χ1v) is 9.17. The van der Waals surface area contributed by atoms with Gasteiger partial charge in [0.25, 0.3) is 0 Å². The summed E-state index contributed by atoms with van der Waals surface area (Å²) in [5.41, 5.74) is 0. The minimum Gasteiger partial charge on any atom is -0.472 e. The van der Waals surface area contributed by atoms with Crippen molar-refractivity contribution in [3.05, 3.63) is 12.4 Å². The number of thioether (sulfide) groups is 1. The van der Waals surface area contributed by atoms with E-state index in [9.17, 15) is 0 Å². The Morgan fingerprint density at radius 1 is 1.29 bits per heavy atom. The smallest absolute Gasteiger partial charge is 0.233 e. The van der Waals surface area contributed by atoms with Crippen molar-refractivity contribution in [3.8, 4) is 5.88 Å². The summed E-state index contributed by atoms with van der Waals surface area (Å²) in [6, 6.07) is 0. The van der Waals surface area contributed by atoms with Crippen molar-refractivity contribution in [1.82, 2.24) is 14.9 Å². The molecule has 4 nitrogen and oxygen atoms in total. The van der Waals surface area contributed by atoms with Crippen LogP contribution in [0.1, 0.15) is 39.0 Å². The molecule has 0 spiro atoms. The molecular formula is C16H25N3OS. The molecule has 2 aliphatic rings. The molecule has 2 fully saturated rings. The number of rotatable bonds is 8. The normalized spacial score (nSPS) is 27.2. The van der Waals surface area contributed by atoms with Gasteiger partial charge in [-0.05, 0) is 25.1 Å². The van der Waals surface area contributed by atoms with Crippen molar-refractivity contribution >= 4 is 11.8 Å². The number of nitrogens with zero attached hydrogens (tertiary/aromatic N) is 3. The summed E-state index contributed by atoms with van der Waals surface area (Å²) in [5, 5.41) is 0.993. The highest BCUT2D eigenvalue weighted by Gasteiger charge is 2.39. The molecule has 0 aromatic carbocycles. The molecule has 2 bridgehead atoms. The Balaban J connectivity index is 1.47. The van der Waals surface area contributed by atoms with Crippen molar-refractivity contribution in [2.24, 2.45) is 5.92 Å². The van der Waals surface area contributed by atoms with Crippen LogP contribution in [0.4, 0.5) is 0 Å². The van der Waals surface area contributed by atoms with Crippen LogP contribution in [0.3, 0.4) is 0 Å². The lowest BCUT2D eigenvalue weighted by atomic mass is 10.0. The van der Waals surface area contributed by atoms with Gasteiger partial charge in [0.1, 0.15) is 11.1 Å². The largest absolute Gasteiger partial charge is 0.472 e. The SMILES string of the molecule is CCCCCCSc1cncc(O[C@H]2CN3CC[C@@H]2C3)n1. The predicted molar refractivity (Wildman–Crippen MR) is 85.9 cm³/mol.